The molecular weight excluding hydrogens is 252 g/mol. The van der Waals surface area contributed by atoms with Crippen LogP contribution in [-0.2, 0) is 6.42 Å². The zero-order valence-electron chi connectivity index (χ0n) is 11.7. The van der Waals surface area contributed by atoms with Crippen molar-refractivity contribution in [1.82, 2.24) is 0 Å². The van der Waals surface area contributed by atoms with Crippen LogP contribution in [0.4, 0.5) is 0 Å². The second kappa shape index (κ2) is 5.08. The Bertz CT molecular complexity index is 620. The minimum Gasteiger partial charge on any atom is -0.507 e. The lowest BCUT2D eigenvalue weighted by Crippen LogP contribution is -2.16. The van der Waals surface area contributed by atoms with E-state index in [0.29, 0.717) is 5.75 Å². The molecule has 0 radical (unpaired) electrons. The fourth-order valence-corrected chi connectivity index (χ4v) is 2.73. The smallest absolute Gasteiger partial charge is 0.133 e. The van der Waals surface area contributed by atoms with E-state index in [1.54, 1.807) is 13.2 Å². The van der Waals surface area contributed by atoms with Gasteiger partial charge in [-0.3, -0.25) is 0 Å². The van der Waals surface area contributed by atoms with Crippen LogP contribution in [-0.4, -0.2) is 12.2 Å². The Hall–Kier alpha value is -2.16. The lowest BCUT2D eigenvalue weighted by Gasteiger charge is -2.29. The minimum absolute atomic E-state index is 0.0360. The normalized spacial score (nSPS) is 17.2. The van der Waals surface area contributed by atoms with Crippen molar-refractivity contribution in [1.29, 1.82) is 0 Å². The number of aromatic hydroxyl groups is 1. The molecule has 3 nitrogen and oxygen atoms in total. The summed E-state index contributed by atoms with van der Waals surface area (Å²) in [5, 5.41) is 9.98. The van der Waals surface area contributed by atoms with Gasteiger partial charge in [0.1, 0.15) is 23.4 Å². The van der Waals surface area contributed by atoms with E-state index in [1.165, 1.54) is 5.56 Å². The number of benzene rings is 2. The first-order chi connectivity index (χ1) is 9.70. The average molecular weight is 270 g/mol. The fourth-order valence-electron chi connectivity index (χ4n) is 2.73. The molecule has 1 N–H and O–H groups in total. The van der Waals surface area contributed by atoms with E-state index >= 15 is 0 Å². The van der Waals surface area contributed by atoms with Gasteiger partial charge in [-0.2, -0.15) is 0 Å². The molecule has 0 saturated carbocycles. The summed E-state index contributed by atoms with van der Waals surface area (Å²) in [6.07, 6.45) is 1.84. The van der Waals surface area contributed by atoms with Crippen LogP contribution in [0.25, 0.3) is 0 Å². The summed E-state index contributed by atoms with van der Waals surface area (Å²) in [6, 6.07) is 11.9. The largest absolute Gasteiger partial charge is 0.507 e. The summed E-state index contributed by atoms with van der Waals surface area (Å²) in [4.78, 5) is 0. The maximum atomic E-state index is 9.98. The monoisotopic (exact) mass is 270 g/mol. The lowest BCUT2D eigenvalue weighted by atomic mass is 9.95. The van der Waals surface area contributed by atoms with Gasteiger partial charge < -0.3 is 14.6 Å². The van der Waals surface area contributed by atoms with Crippen LogP contribution < -0.4 is 9.47 Å². The number of phenols is 1. The van der Waals surface area contributed by atoms with Crippen molar-refractivity contribution >= 4 is 0 Å². The highest BCUT2D eigenvalue weighted by Crippen LogP contribution is 2.44. The third-order valence-electron chi connectivity index (χ3n) is 3.87. The van der Waals surface area contributed by atoms with Crippen LogP contribution in [0.1, 0.15) is 29.2 Å². The van der Waals surface area contributed by atoms with Crippen molar-refractivity contribution in [3.05, 3.63) is 53.1 Å². The van der Waals surface area contributed by atoms with Gasteiger partial charge in [0, 0.05) is 17.2 Å². The van der Waals surface area contributed by atoms with Crippen molar-refractivity contribution in [2.45, 2.75) is 25.9 Å². The van der Waals surface area contributed by atoms with Gasteiger partial charge in [-0.15, -0.1) is 0 Å². The number of hydrogen-bond acceptors (Lipinski definition) is 3. The van der Waals surface area contributed by atoms with Crippen LogP contribution in [0, 0.1) is 6.92 Å². The standard InChI is InChI=1S/C17H18O3/c1-11-14(18)10-16(19-2)13-8-9-15(20-17(11)13)12-6-4-3-5-7-12/h3-7,10,15,18H,8-9H2,1-2H3/t15-/m0/s1. The molecule has 0 saturated heterocycles. The summed E-state index contributed by atoms with van der Waals surface area (Å²) >= 11 is 0. The molecule has 3 heteroatoms. The second-order valence-electron chi connectivity index (χ2n) is 5.09. The van der Waals surface area contributed by atoms with E-state index in [2.05, 4.69) is 12.1 Å². The summed E-state index contributed by atoms with van der Waals surface area (Å²) in [6.45, 7) is 1.88. The van der Waals surface area contributed by atoms with Gasteiger partial charge in [0.05, 0.1) is 7.11 Å². The second-order valence-corrected chi connectivity index (χ2v) is 5.09. The van der Waals surface area contributed by atoms with E-state index in [4.69, 9.17) is 9.47 Å². The lowest BCUT2D eigenvalue weighted by molar-refractivity contribution is 0.172. The van der Waals surface area contributed by atoms with Crippen LogP contribution in [0.15, 0.2) is 36.4 Å². The zero-order valence-corrected chi connectivity index (χ0v) is 11.7. The molecule has 104 valence electrons. The summed E-state index contributed by atoms with van der Waals surface area (Å²) in [5.41, 5.74) is 3.00. The predicted molar refractivity (Wildman–Crippen MR) is 77.5 cm³/mol. The molecule has 2 aromatic carbocycles. The third-order valence-corrected chi connectivity index (χ3v) is 3.87. The first-order valence-electron chi connectivity index (χ1n) is 6.81. The Morgan fingerprint density at radius 3 is 2.70 bits per heavy atom. The van der Waals surface area contributed by atoms with Crippen LogP contribution in [0.5, 0.6) is 17.2 Å². The maximum absolute atomic E-state index is 9.98. The van der Waals surface area contributed by atoms with E-state index in [1.807, 2.05) is 25.1 Å². The molecule has 0 aromatic heterocycles. The molecule has 1 heterocycles. The van der Waals surface area contributed by atoms with Crippen molar-refractivity contribution in [3.63, 3.8) is 0 Å². The fraction of sp³-hybridized carbons (Fsp3) is 0.294. The number of fused-ring (bicyclic) bond motifs is 1. The van der Waals surface area contributed by atoms with Gasteiger partial charge in [0.2, 0.25) is 0 Å². The molecule has 3 rings (SSSR count). The van der Waals surface area contributed by atoms with Crippen molar-refractivity contribution in [2.75, 3.05) is 7.11 Å². The summed E-state index contributed by atoms with van der Waals surface area (Å²) in [5.74, 6) is 1.69. The number of hydrogen-bond donors (Lipinski definition) is 1. The molecule has 0 spiro atoms. The summed E-state index contributed by atoms with van der Waals surface area (Å²) < 4.78 is 11.5. The molecule has 0 amide bonds. The highest BCUT2D eigenvalue weighted by atomic mass is 16.5. The molecule has 0 unspecified atom stereocenters. The van der Waals surface area contributed by atoms with Crippen molar-refractivity contribution in [3.8, 4) is 17.2 Å². The molecule has 0 bridgehead atoms. The Morgan fingerprint density at radius 1 is 1.25 bits per heavy atom. The van der Waals surface area contributed by atoms with Crippen LogP contribution >= 0.6 is 0 Å². The molecule has 2 aromatic rings. The zero-order chi connectivity index (χ0) is 14.1. The highest BCUT2D eigenvalue weighted by molar-refractivity contribution is 5.57. The molecule has 0 fully saturated rings. The van der Waals surface area contributed by atoms with Crippen molar-refractivity contribution in [2.24, 2.45) is 0 Å². The number of phenolic OH excluding ortho intramolecular Hbond substituents is 1. The Kier molecular flexibility index (Phi) is 3.26. The van der Waals surface area contributed by atoms with E-state index in [-0.39, 0.29) is 11.9 Å². The van der Waals surface area contributed by atoms with Crippen LogP contribution in [0.3, 0.4) is 0 Å². The van der Waals surface area contributed by atoms with Gasteiger partial charge >= 0.3 is 0 Å². The SMILES string of the molecule is COc1cc(O)c(C)c2c1CC[C@@H](c1ccccc1)O2. The first kappa shape index (κ1) is 12.9. The van der Waals surface area contributed by atoms with Gasteiger partial charge in [0.15, 0.2) is 0 Å². The Labute approximate surface area is 118 Å². The van der Waals surface area contributed by atoms with E-state index in [0.717, 1.165) is 29.7 Å². The van der Waals surface area contributed by atoms with Gasteiger partial charge in [-0.05, 0) is 25.3 Å². The first-order valence-corrected chi connectivity index (χ1v) is 6.81. The molecule has 0 aliphatic carbocycles. The van der Waals surface area contributed by atoms with Crippen LogP contribution in [0.2, 0.25) is 0 Å². The van der Waals surface area contributed by atoms with E-state index < -0.39 is 0 Å². The topological polar surface area (TPSA) is 38.7 Å². The molecule has 1 atom stereocenters. The predicted octanol–water partition coefficient (Wildman–Crippen LogP) is 3.78. The molecular formula is C17H18O3. The molecule has 1 aliphatic heterocycles. The minimum atomic E-state index is 0.0360. The number of rotatable bonds is 2. The average Bonchev–Trinajstić information content (AvgIpc) is 2.51. The molecule has 1 aliphatic rings. The Morgan fingerprint density at radius 2 is 2.00 bits per heavy atom. The third kappa shape index (κ3) is 2.09. The van der Waals surface area contributed by atoms with Crippen molar-refractivity contribution < 1.29 is 14.6 Å². The number of methoxy groups -OCH3 is 1. The number of ether oxygens (including phenoxy) is 2. The summed E-state index contributed by atoms with van der Waals surface area (Å²) in [7, 11) is 1.62. The highest BCUT2D eigenvalue weighted by Gasteiger charge is 2.26. The van der Waals surface area contributed by atoms with Gasteiger partial charge in [0.25, 0.3) is 0 Å². The quantitative estimate of drug-likeness (QED) is 0.902. The van der Waals surface area contributed by atoms with E-state index in [9.17, 15) is 5.11 Å². The van der Waals surface area contributed by atoms with Gasteiger partial charge in [-0.25, -0.2) is 0 Å². The molecule has 20 heavy (non-hydrogen) atoms. The van der Waals surface area contributed by atoms with Gasteiger partial charge in [-0.1, -0.05) is 30.3 Å². The Balaban J connectivity index is 2.01. The maximum Gasteiger partial charge on any atom is 0.133 e.